The molecular formula is C18H35N3. The summed E-state index contributed by atoms with van der Waals surface area (Å²) in [6.07, 6.45) is 8.68. The van der Waals surface area contributed by atoms with Crippen LogP contribution in [0.2, 0.25) is 0 Å². The van der Waals surface area contributed by atoms with Crippen LogP contribution in [-0.4, -0.2) is 62.2 Å². The molecule has 3 saturated heterocycles. The number of rotatable bonds is 4. The Labute approximate surface area is 131 Å². The van der Waals surface area contributed by atoms with Crippen LogP contribution >= 0.6 is 0 Å². The van der Waals surface area contributed by atoms with Crippen molar-refractivity contribution in [2.75, 3.05) is 52.4 Å². The Bertz CT molecular complexity index is 293. The molecule has 1 unspecified atom stereocenters. The second kappa shape index (κ2) is 7.94. The summed E-state index contributed by atoms with van der Waals surface area (Å²) in [5, 5.41) is 3.51. The highest BCUT2D eigenvalue weighted by Gasteiger charge is 2.29. The molecule has 3 aliphatic heterocycles. The minimum absolute atomic E-state index is 0.939. The van der Waals surface area contributed by atoms with E-state index >= 15 is 0 Å². The van der Waals surface area contributed by atoms with Crippen molar-refractivity contribution in [3.8, 4) is 0 Å². The Balaban J connectivity index is 1.39. The Morgan fingerprint density at radius 3 is 2.29 bits per heavy atom. The van der Waals surface area contributed by atoms with Gasteiger partial charge in [0.1, 0.15) is 0 Å². The Morgan fingerprint density at radius 1 is 0.857 bits per heavy atom. The molecule has 0 spiro atoms. The van der Waals surface area contributed by atoms with E-state index in [0.717, 1.165) is 17.8 Å². The summed E-state index contributed by atoms with van der Waals surface area (Å²) < 4.78 is 0. The van der Waals surface area contributed by atoms with Gasteiger partial charge in [-0.15, -0.1) is 0 Å². The maximum atomic E-state index is 3.51. The summed E-state index contributed by atoms with van der Waals surface area (Å²) in [6, 6.07) is 0. The molecule has 3 aliphatic rings. The number of hydrogen-bond donors (Lipinski definition) is 1. The number of likely N-dealkylation sites (tertiary alicyclic amines) is 2. The van der Waals surface area contributed by atoms with Crippen molar-refractivity contribution < 1.29 is 0 Å². The summed E-state index contributed by atoms with van der Waals surface area (Å²) in [4.78, 5) is 5.43. The molecule has 0 saturated carbocycles. The monoisotopic (exact) mass is 293 g/mol. The maximum absolute atomic E-state index is 3.51. The summed E-state index contributed by atoms with van der Waals surface area (Å²) in [5.74, 6) is 3.00. The fourth-order valence-electron chi connectivity index (χ4n) is 4.88. The first kappa shape index (κ1) is 15.8. The molecule has 3 nitrogen and oxygen atoms in total. The highest BCUT2D eigenvalue weighted by atomic mass is 15.2. The zero-order valence-corrected chi connectivity index (χ0v) is 14.0. The lowest BCUT2D eigenvalue weighted by Crippen LogP contribution is -2.44. The third-order valence-corrected chi connectivity index (χ3v) is 6.25. The topological polar surface area (TPSA) is 18.5 Å². The first-order valence-electron chi connectivity index (χ1n) is 9.50. The average Bonchev–Trinajstić information content (AvgIpc) is 2.56. The van der Waals surface area contributed by atoms with Crippen molar-refractivity contribution in [2.45, 2.75) is 45.4 Å². The second-order valence-corrected chi connectivity index (χ2v) is 7.63. The Morgan fingerprint density at radius 2 is 1.57 bits per heavy atom. The molecule has 21 heavy (non-hydrogen) atoms. The number of piperidine rings is 3. The van der Waals surface area contributed by atoms with Crippen molar-refractivity contribution >= 4 is 0 Å². The van der Waals surface area contributed by atoms with Crippen molar-refractivity contribution in [3.05, 3.63) is 0 Å². The first-order chi connectivity index (χ1) is 10.3. The fraction of sp³-hybridized carbons (Fsp3) is 1.00. The van der Waals surface area contributed by atoms with Gasteiger partial charge in [-0.3, -0.25) is 0 Å². The van der Waals surface area contributed by atoms with E-state index in [2.05, 4.69) is 22.0 Å². The molecule has 0 bridgehead atoms. The molecule has 0 amide bonds. The standard InChI is InChI=1S/C18H35N3/c1-2-20-11-3-4-16(14-20)15-21-12-7-18(8-13-21)17-5-9-19-10-6-17/h16-19H,2-15H2,1H3. The zero-order chi connectivity index (χ0) is 14.5. The third kappa shape index (κ3) is 4.43. The fourth-order valence-corrected chi connectivity index (χ4v) is 4.88. The molecule has 1 atom stereocenters. The molecule has 0 aliphatic carbocycles. The SMILES string of the molecule is CCN1CCCC(CN2CCC(C3CCNCC3)CC2)C1. The van der Waals surface area contributed by atoms with E-state index in [1.165, 1.54) is 90.9 Å². The second-order valence-electron chi connectivity index (χ2n) is 7.63. The van der Waals surface area contributed by atoms with Crippen molar-refractivity contribution in [2.24, 2.45) is 17.8 Å². The van der Waals surface area contributed by atoms with Crippen LogP contribution in [0, 0.1) is 17.8 Å². The van der Waals surface area contributed by atoms with Crippen LogP contribution in [0.3, 0.4) is 0 Å². The molecule has 3 rings (SSSR count). The van der Waals surface area contributed by atoms with E-state index in [4.69, 9.17) is 0 Å². The molecule has 0 aromatic rings. The minimum Gasteiger partial charge on any atom is -0.317 e. The van der Waals surface area contributed by atoms with Crippen LogP contribution in [0.5, 0.6) is 0 Å². The van der Waals surface area contributed by atoms with Gasteiger partial charge in [0.25, 0.3) is 0 Å². The van der Waals surface area contributed by atoms with E-state index in [0.29, 0.717) is 0 Å². The van der Waals surface area contributed by atoms with Gasteiger partial charge in [-0.25, -0.2) is 0 Å². The number of nitrogens with one attached hydrogen (secondary N) is 1. The molecule has 3 fully saturated rings. The smallest absolute Gasteiger partial charge is 0.00219 e. The lowest BCUT2D eigenvalue weighted by molar-refractivity contribution is 0.0922. The summed E-state index contributed by atoms with van der Waals surface area (Å²) >= 11 is 0. The summed E-state index contributed by atoms with van der Waals surface area (Å²) in [6.45, 7) is 12.9. The largest absolute Gasteiger partial charge is 0.317 e. The normalized spacial score (nSPS) is 31.6. The van der Waals surface area contributed by atoms with Gasteiger partial charge in [0, 0.05) is 13.1 Å². The van der Waals surface area contributed by atoms with Crippen LogP contribution < -0.4 is 5.32 Å². The van der Waals surface area contributed by atoms with E-state index in [9.17, 15) is 0 Å². The van der Waals surface area contributed by atoms with Crippen LogP contribution in [-0.2, 0) is 0 Å². The molecule has 3 heteroatoms. The quantitative estimate of drug-likeness (QED) is 0.859. The van der Waals surface area contributed by atoms with Gasteiger partial charge >= 0.3 is 0 Å². The van der Waals surface area contributed by atoms with E-state index in [1.807, 2.05) is 0 Å². The van der Waals surface area contributed by atoms with Gasteiger partial charge in [0.2, 0.25) is 0 Å². The first-order valence-corrected chi connectivity index (χ1v) is 9.50. The molecule has 3 heterocycles. The molecule has 0 radical (unpaired) electrons. The predicted molar refractivity (Wildman–Crippen MR) is 89.6 cm³/mol. The van der Waals surface area contributed by atoms with Crippen molar-refractivity contribution in [3.63, 3.8) is 0 Å². The van der Waals surface area contributed by atoms with Crippen molar-refractivity contribution in [1.82, 2.24) is 15.1 Å². The van der Waals surface area contributed by atoms with Gasteiger partial charge in [-0.05, 0) is 95.5 Å². The minimum atomic E-state index is 0.939. The molecule has 1 N–H and O–H groups in total. The Kier molecular flexibility index (Phi) is 5.96. The number of nitrogens with zero attached hydrogens (tertiary/aromatic N) is 2. The highest BCUT2D eigenvalue weighted by molar-refractivity contribution is 4.83. The predicted octanol–water partition coefficient (Wildman–Crippen LogP) is 2.43. The lowest BCUT2D eigenvalue weighted by atomic mass is 9.79. The van der Waals surface area contributed by atoms with E-state index in [1.54, 1.807) is 0 Å². The van der Waals surface area contributed by atoms with Gasteiger partial charge in [0.15, 0.2) is 0 Å². The molecule has 0 aromatic carbocycles. The average molecular weight is 293 g/mol. The number of hydrogen-bond acceptors (Lipinski definition) is 3. The van der Waals surface area contributed by atoms with Gasteiger partial charge in [-0.1, -0.05) is 6.92 Å². The summed E-state index contributed by atoms with van der Waals surface area (Å²) in [7, 11) is 0. The van der Waals surface area contributed by atoms with Gasteiger partial charge in [-0.2, -0.15) is 0 Å². The zero-order valence-electron chi connectivity index (χ0n) is 14.0. The lowest BCUT2D eigenvalue weighted by Gasteiger charge is -2.40. The van der Waals surface area contributed by atoms with Crippen LogP contribution in [0.15, 0.2) is 0 Å². The van der Waals surface area contributed by atoms with E-state index in [-0.39, 0.29) is 0 Å². The Hall–Kier alpha value is -0.120. The highest BCUT2D eigenvalue weighted by Crippen LogP contribution is 2.31. The van der Waals surface area contributed by atoms with Crippen LogP contribution in [0.4, 0.5) is 0 Å². The summed E-state index contributed by atoms with van der Waals surface area (Å²) in [5.41, 5.74) is 0. The van der Waals surface area contributed by atoms with Crippen LogP contribution in [0.1, 0.15) is 45.4 Å². The van der Waals surface area contributed by atoms with E-state index < -0.39 is 0 Å². The van der Waals surface area contributed by atoms with Gasteiger partial charge in [0.05, 0.1) is 0 Å². The third-order valence-electron chi connectivity index (χ3n) is 6.25. The molecule has 0 aromatic heterocycles. The van der Waals surface area contributed by atoms with Crippen LogP contribution in [0.25, 0.3) is 0 Å². The maximum Gasteiger partial charge on any atom is 0.00219 e. The van der Waals surface area contributed by atoms with Crippen molar-refractivity contribution in [1.29, 1.82) is 0 Å². The van der Waals surface area contributed by atoms with Gasteiger partial charge < -0.3 is 15.1 Å². The molecule has 122 valence electrons. The molecular weight excluding hydrogens is 258 g/mol.